The zero-order chi connectivity index (χ0) is 6.85. The van der Waals surface area contributed by atoms with E-state index in [9.17, 15) is 0 Å². The molecular weight excluding hydrogens is 132 g/mol. The number of hydrogen-bond donors (Lipinski definition) is 0. The van der Waals surface area contributed by atoms with Crippen molar-refractivity contribution in [3.63, 3.8) is 0 Å². The second kappa shape index (κ2) is 2.43. The minimum absolute atomic E-state index is 1.31. The first-order chi connectivity index (χ1) is 4.24. The van der Waals surface area contributed by atoms with E-state index in [0.29, 0.717) is 0 Å². The van der Waals surface area contributed by atoms with E-state index < -0.39 is 0 Å². The average Bonchev–Trinajstić information content (AvgIpc) is 2.13. The van der Waals surface area contributed by atoms with E-state index in [0.717, 1.165) is 0 Å². The molecule has 0 bridgehead atoms. The fourth-order valence-electron chi connectivity index (χ4n) is 0.689. The molecule has 0 spiro atoms. The van der Waals surface area contributed by atoms with Gasteiger partial charge in [-0.25, -0.2) is 0 Å². The van der Waals surface area contributed by atoms with Crippen molar-refractivity contribution >= 4 is 11.8 Å². The van der Waals surface area contributed by atoms with Crippen LogP contribution in [0, 0.1) is 0 Å². The summed E-state index contributed by atoms with van der Waals surface area (Å²) in [6.07, 6.45) is 6.28. The molecule has 0 aromatic carbocycles. The van der Waals surface area contributed by atoms with Gasteiger partial charge in [-0.15, -0.1) is 16.4 Å². The van der Waals surface area contributed by atoms with Gasteiger partial charge < -0.3 is 0 Å². The quantitative estimate of drug-likeness (QED) is 0.412. The van der Waals surface area contributed by atoms with Crippen molar-refractivity contribution < 1.29 is 4.68 Å². The van der Waals surface area contributed by atoms with E-state index >= 15 is 0 Å². The van der Waals surface area contributed by atoms with Gasteiger partial charge in [-0.05, 0) is 6.26 Å². The highest BCUT2D eigenvalue weighted by Gasteiger charge is 2.01. The lowest BCUT2D eigenvalue weighted by Gasteiger charge is -1.82. The Hall–Kier alpha value is -0.440. The summed E-state index contributed by atoms with van der Waals surface area (Å²) in [6.45, 7) is 0. The van der Waals surface area contributed by atoms with Crippen LogP contribution < -0.4 is 4.68 Å². The fourth-order valence-corrected chi connectivity index (χ4v) is 1.21. The Bertz CT molecular complexity index is 185. The Morgan fingerprint density at radius 3 is 2.56 bits per heavy atom. The van der Waals surface area contributed by atoms with Crippen LogP contribution >= 0.6 is 11.8 Å². The van der Waals surface area contributed by atoms with E-state index in [2.05, 4.69) is 18.6 Å². The van der Waals surface area contributed by atoms with Gasteiger partial charge in [0.2, 0.25) is 6.20 Å². The van der Waals surface area contributed by atoms with Crippen LogP contribution in [0.25, 0.3) is 0 Å². The molecule has 0 amide bonds. The molecule has 2 nitrogen and oxygen atoms in total. The van der Waals surface area contributed by atoms with Gasteiger partial charge in [0.15, 0.2) is 7.05 Å². The van der Waals surface area contributed by atoms with Gasteiger partial charge in [0.1, 0.15) is 0 Å². The minimum Gasteiger partial charge on any atom is -0.163 e. The second-order valence-corrected chi connectivity index (χ2v) is 2.89. The van der Waals surface area contributed by atoms with Crippen LogP contribution in [-0.4, -0.2) is 10.9 Å². The summed E-state index contributed by atoms with van der Waals surface area (Å²) in [5.74, 6) is 0. The first-order valence-corrected chi connectivity index (χ1v) is 4.03. The number of nitrogens with zero attached hydrogens (tertiary/aromatic N) is 2. The fraction of sp³-hybridized carbons (Fsp3) is 0.500. The first-order valence-electron chi connectivity index (χ1n) is 2.80. The lowest BCUT2D eigenvalue weighted by molar-refractivity contribution is -0.751. The Balaban J connectivity index is 2.98. The van der Waals surface area contributed by atoms with Crippen molar-refractivity contribution in [2.75, 3.05) is 6.26 Å². The summed E-state index contributed by atoms with van der Waals surface area (Å²) in [5.41, 5.74) is 0. The first kappa shape index (κ1) is 6.68. The number of rotatable bonds is 1. The summed E-state index contributed by atoms with van der Waals surface area (Å²) in [5, 5.41) is 0. The molecule has 1 aromatic heterocycles. The molecule has 0 saturated heterocycles. The van der Waals surface area contributed by atoms with E-state index in [1.807, 2.05) is 23.5 Å². The topological polar surface area (TPSA) is 8.81 Å². The highest BCUT2D eigenvalue weighted by molar-refractivity contribution is 7.98. The van der Waals surface area contributed by atoms with Crippen molar-refractivity contribution in [2.45, 2.75) is 4.90 Å². The van der Waals surface area contributed by atoms with Gasteiger partial charge in [0.25, 0.3) is 0 Å². The van der Waals surface area contributed by atoms with Crippen LogP contribution in [0.1, 0.15) is 0 Å². The summed E-state index contributed by atoms with van der Waals surface area (Å²) in [4.78, 5) is 1.31. The van der Waals surface area contributed by atoms with Crippen LogP contribution in [0.4, 0.5) is 0 Å². The monoisotopic (exact) mass is 143 g/mol. The van der Waals surface area contributed by atoms with Crippen LogP contribution in [0.5, 0.6) is 0 Å². The molecule has 3 heteroatoms. The molecule has 1 aromatic rings. The average molecular weight is 143 g/mol. The SMILES string of the molecule is CSc1cn(C)[n+](C)c1. The molecule has 1 rings (SSSR count). The van der Waals surface area contributed by atoms with Gasteiger partial charge in [-0.1, -0.05) is 0 Å². The number of aromatic nitrogens is 2. The molecule has 0 aliphatic heterocycles. The normalized spacial score (nSPS) is 10.1. The molecule has 1 heterocycles. The van der Waals surface area contributed by atoms with Gasteiger partial charge in [0, 0.05) is 0 Å². The highest BCUT2D eigenvalue weighted by Crippen LogP contribution is 2.09. The second-order valence-electron chi connectivity index (χ2n) is 2.01. The minimum atomic E-state index is 1.31. The van der Waals surface area contributed by atoms with E-state index in [4.69, 9.17) is 0 Å². The third kappa shape index (κ3) is 1.27. The van der Waals surface area contributed by atoms with Crippen molar-refractivity contribution in [3.8, 4) is 0 Å². The zero-order valence-corrected chi connectivity index (χ0v) is 6.77. The molecule has 0 unspecified atom stereocenters. The van der Waals surface area contributed by atoms with E-state index in [1.165, 1.54) is 4.90 Å². The van der Waals surface area contributed by atoms with Crippen molar-refractivity contribution in [3.05, 3.63) is 12.4 Å². The molecular formula is C6H11N2S+. The smallest absolute Gasteiger partial charge is 0.163 e. The summed E-state index contributed by atoms with van der Waals surface area (Å²) in [6, 6.07) is 0. The molecule has 50 valence electrons. The molecule has 0 radical (unpaired) electrons. The Labute approximate surface area is 59.5 Å². The summed E-state index contributed by atoms with van der Waals surface area (Å²) in [7, 11) is 4.06. The van der Waals surface area contributed by atoms with Crippen LogP contribution in [0.3, 0.4) is 0 Å². The maximum absolute atomic E-state index is 2.10. The molecule has 0 N–H and O–H groups in total. The molecule has 0 fully saturated rings. The van der Waals surface area contributed by atoms with Crippen molar-refractivity contribution in [1.29, 1.82) is 0 Å². The maximum atomic E-state index is 2.10. The van der Waals surface area contributed by atoms with Gasteiger partial charge in [-0.2, -0.15) is 4.68 Å². The van der Waals surface area contributed by atoms with Gasteiger partial charge in [-0.3, -0.25) is 0 Å². The van der Waals surface area contributed by atoms with Crippen LogP contribution in [-0.2, 0) is 14.1 Å². The number of hydrogen-bond acceptors (Lipinski definition) is 1. The molecule has 0 aliphatic rings. The standard InChI is InChI=1S/C6H11N2S/c1-7-4-6(9-3)5-8(7)2/h4-5H,1-3H3/q+1. The molecule has 0 saturated carbocycles. The van der Waals surface area contributed by atoms with Crippen molar-refractivity contribution in [2.24, 2.45) is 14.1 Å². The van der Waals surface area contributed by atoms with E-state index in [-0.39, 0.29) is 0 Å². The molecule has 0 atom stereocenters. The van der Waals surface area contributed by atoms with Gasteiger partial charge >= 0.3 is 0 Å². The van der Waals surface area contributed by atoms with E-state index in [1.54, 1.807) is 11.8 Å². The third-order valence-electron chi connectivity index (χ3n) is 1.36. The summed E-state index contributed by atoms with van der Waals surface area (Å²) < 4.78 is 4.09. The Morgan fingerprint density at radius 2 is 2.33 bits per heavy atom. The van der Waals surface area contributed by atoms with Crippen LogP contribution in [0.15, 0.2) is 17.3 Å². The number of aryl methyl sites for hydroxylation is 2. The predicted molar refractivity (Wildman–Crippen MR) is 38.4 cm³/mol. The highest BCUT2D eigenvalue weighted by atomic mass is 32.2. The third-order valence-corrected chi connectivity index (χ3v) is 2.04. The predicted octanol–water partition coefficient (Wildman–Crippen LogP) is 0.572. The van der Waals surface area contributed by atoms with Crippen LogP contribution in [0.2, 0.25) is 0 Å². The zero-order valence-electron chi connectivity index (χ0n) is 5.96. The Morgan fingerprint density at radius 1 is 1.67 bits per heavy atom. The summed E-state index contributed by atoms with van der Waals surface area (Å²) >= 11 is 1.76. The lowest BCUT2D eigenvalue weighted by atomic mass is 10.7. The Kier molecular flexibility index (Phi) is 1.81. The van der Waals surface area contributed by atoms with Crippen molar-refractivity contribution in [1.82, 2.24) is 4.68 Å². The number of thioether (sulfide) groups is 1. The molecule has 0 aliphatic carbocycles. The van der Waals surface area contributed by atoms with Gasteiger partial charge in [0.05, 0.1) is 18.1 Å². The largest absolute Gasteiger partial charge is 0.208 e. The lowest BCUT2D eigenvalue weighted by Crippen LogP contribution is -2.35. The maximum Gasteiger partial charge on any atom is 0.208 e. The molecule has 9 heavy (non-hydrogen) atoms.